The van der Waals surface area contributed by atoms with E-state index < -0.39 is 17.9 Å². The molecule has 126 valence electrons. The molecule has 0 saturated heterocycles. The van der Waals surface area contributed by atoms with Crippen LogP contribution in [0.5, 0.6) is 5.75 Å². The standard InChI is InChI=1S/C17H17NO6/c1-9(16(20)21)18-15(19)8-23-10-5-6-12-11-3-2-4-13(11)17(22)24-14(12)7-10/h5-7,9H,2-4,8H2,1H3,(H,18,19)(H,20,21). The van der Waals surface area contributed by atoms with E-state index in [1.165, 1.54) is 6.92 Å². The Kier molecular flexibility index (Phi) is 4.24. The lowest BCUT2D eigenvalue weighted by Crippen LogP contribution is -2.40. The van der Waals surface area contributed by atoms with E-state index in [4.69, 9.17) is 14.3 Å². The zero-order valence-electron chi connectivity index (χ0n) is 13.1. The van der Waals surface area contributed by atoms with E-state index in [2.05, 4.69) is 5.32 Å². The topological polar surface area (TPSA) is 106 Å². The molecule has 1 aliphatic rings. The Morgan fingerprint density at radius 1 is 1.33 bits per heavy atom. The third-order valence-electron chi connectivity index (χ3n) is 4.06. The van der Waals surface area contributed by atoms with Crippen molar-refractivity contribution in [3.63, 3.8) is 0 Å². The van der Waals surface area contributed by atoms with E-state index in [9.17, 15) is 14.4 Å². The number of carbonyl (C=O) groups excluding carboxylic acids is 1. The van der Waals surface area contributed by atoms with E-state index in [0.717, 1.165) is 35.8 Å². The molecule has 1 aliphatic carbocycles. The van der Waals surface area contributed by atoms with Gasteiger partial charge in [0.1, 0.15) is 17.4 Å². The number of hydrogen-bond acceptors (Lipinski definition) is 5. The van der Waals surface area contributed by atoms with E-state index in [-0.39, 0.29) is 12.2 Å². The molecule has 7 nitrogen and oxygen atoms in total. The Morgan fingerprint density at radius 2 is 2.08 bits per heavy atom. The van der Waals surface area contributed by atoms with Crippen LogP contribution in [-0.4, -0.2) is 29.6 Å². The Morgan fingerprint density at radius 3 is 2.83 bits per heavy atom. The summed E-state index contributed by atoms with van der Waals surface area (Å²) in [7, 11) is 0. The highest BCUT2D eigenvalue weighted by Gasteiger charge is 2.20. The highest BCUT2D eigenvalue weighted by atomic mass is 16.5. The number of amides is 1. The molecule has 1 heterocycles. The molecule has 7 heteroatoms. The summed E-state index contributed by atoms with van der Waals surface area (Å²) in [6.45, 7) is 1.05. The van der Waals surface area contributed by atoms with Crippen molar-refractivity contribution in [1.82, 2.24) is 5.32 Å². The van der Waals surface area contributed by atoms with Crippen LogP contribution >= 0.6 is 0 Å². The second-order valence-corrected chi connectivity index (χ2v) is 5.77. The number of nitrogens with one attached hydrogen (secondary N) is 1. The van der Waals surface area contributed by atoms with Crippen LogP contribution in [-0.2, 0) is 22.4 Å². The van der Waals surface area contributed by atoms with Gasteiger partial charge in [-0.05, 0) is 43.9 Å². The lowest BCUT2D eigenvalue weighted by atomic mass is 10.1. The molecular formula is C17H17NO6. The number of hydrogen-bond donors (Lipinski definition) is 2. The summed E-state index contributed by atoms with van der Waals surface area (Å²) < 4.78 is 10.7. The minimum absolute atomic E-state index is 0.319. The van der Waals surface area contributed by atoms with Crippen molar-refractivity contribution in [3.05, 3.63) is 39.7 Å². The quantitative estimate of drug-likeness (QED) is 0.799. The van der Waals surface area contributed by atoms with Gasteiger partial charge in [0.05, 0.1) is 0 Å². The summed E-state index contributed by atoms with van der Waals surface area (Å²) in [5, 5.41) is 11.9. The van der Waals surface area contributed by atoms with Crippen LogP contribution < -0.4 is 15.7 Å². The fourth-order valence-corrected chi connectivity index (χ4v) is 2.85. The van der Waals surface area contributed by atoms with Gasteiger partial charge in [0.15, 0.2) is 6.61 Å². The molecule has 1 atom stereocenters. The molecule has 1 unspecified atom stereocenters. The van der Waals surface area contributed by atoms with Crippen LogP contribution in [0.2, 0.25) is 0 Å². The maximum absolute atomic E-state index is 12.0. The largest absolute Gasteiger partial charge is 0.484 e. The number of aryl methyl sites for hydroxylation is 1. The lowest BCUT2D eigenvalue weighted by Gasteiger charge is -2.11. The molecule has 0 aliphatic heterocycles. The SMILES string of the molecule is CC(NC(=O)COc1ccc2c3c(c(=O)oc2c1)CCC3)C(=O)O. The van der Waals surface area contributed by atoms with Crippen LogP contribution in [0.1, 0.15) is 24.5 Å². The molecule has 0 bridgehead atoms. The van der Waals surface area contributed by atoms with Gasteiger partial charge in [-0.3, -0.25) is 9.59 Å². The number of aliphatic carboxylic acids is 1. The van der Waals surface area contributed by atoms with Crippen LogP contribution in [0, 0.1) is 0 Å². The van der Waals surface area contributed by atoms with E-state index in [1.54, 1.807) is 12.1 Å². The Labute approximate surface area is 137 Å². The second-order valence-electron chi connectivity index (χ2n) is 5.77. The van der Waals surface area contributed by atoms with Crippen molar-refractivity contribution >= 4 is 22.8 Å². The highest BCUT2D eigenvalue weighted by molar-refractivity contribution is 5.85. The molecule has 0 spiro atoms. The van der Waals surface area contributed by atoms with Crippen LogP contribution in [0.3, 0.4) is 0 Å². The van der Waals surface area contributed by atoms with Crippen molar-refractivity contribution in [1.29, 1.82) is 0 Å². The van der Waals surface area contributed by atoms with Gasteiger partial charge in [0.2, 0.25) is 0 Å². The summed E-state index contributed by atoms with van der Waals surface area (Å²) in [6, 6.07) is 4.10. The summed E-state index contributed by atoms with van der Waals surface area (Å²) in [5.41, 5.74) is 1.89. The van der Waals surface area contributed by atoms with E-state index in [1.807, 2.05) is 6.07 Å². The smallest absolute Gasteiger partial charge is 0.339 e. The van der Waals surface area contributed by atoms with Gasteiger partial charge in [-0.2, -0.15) is 0 Å². The number of benzene rings is 1. The first-order valence-corrected chi connectivity index (χ1v) is 7.69. The van der Waals surface area contributed by atoms with Gasteiger partial charge in [-0.1, -0.05) is 0 Å². The molecule has 0 fully saturated rings. The maximum Gasteiger partial charge on any atom is 0.339 e. The van der Waals surface area contributed by atoms with Gasteiger partial charge in [-0.25, -0.2) is 4.79 Å². The number of carbonyl (C=O) groups is 2. The van der Waals surface area contributed by atoms with E-state index in [0.29, 0.717) is 11.3 Å². The number of ether oxygens (including phenoxy) is 1. The molecule has 24 heavy (non-hydrogen) atoms. The average Bonchev–Trinajstić information content (AvgIpc) is 3.03. The fourth-order valence-electron chi connectivity index (χ4n) is 2.85. The zero-order chi connectivity index (χ0) is 17.3. The Bertz CT molecular complexity index is 869. The van der Waals surface area contributed by atoms with Crippen molar-refractivity contribution in [2.24, 2.45) is 0 Å². The minimum Gasteiger partial charge on any atom is -0.484 e. The average molecular weight is 331 g/mol. The summed E-state index contributed by atoms with van der Waals surface area (Å²) >= 11 is 0. The molecule has 2 aromatic rings. The van der Waals surface area contributed by atoms with Crippen molar-refractivity contribution in [3.8, 4) is 5.75 Å². The predicted octanol–water partition coefficient (Wildman–Crippen LogP) is 1.25. The first-order chi connectivity index (χ1) is 11.5. The van der Waals surface area contributed by atoms with Crippen LogP contribution in [0.25, 0.3) is 11.0 Å². The monoisotopic (exact) mass is 331 g/mol. The van der Waals surface area contributed by atoms with Crippen molar-refractivity contribution in [2.45, 2.75) is 32.2 Å². The van der Waals surface area contributed by atoms with E-state index >= 15 is 0 Å². The van der Waals surface area contributed by atoms with Gasteiger partial charge in [-0.15, -0.1) is 0 Å². The first-order valence-electron chi connectivity index (χ1n) is 7.69. The summed E-state index contributed by atoms with van der Waals surface area (Å²) in [5.74, 6) is -1.29. The fraction of sp³-hybridized carbons (Fsp3) is 0.353. The Hall–Kier alpha value is -2.83. The molecule has 0 radical (unpaired) electrons. The molecule has 1 amide bonds. The van der Waals surface area contributed by atoms with Crippen molar-refractivity contribution < 1.29 is 23.8 Å². The normalized spacial score (nSPS) is 14.2. The third-order valence-corrected chi connectivity index (χ3v) is 4.06. The molecule has 0 saturated carbocycles. The van der Waals surface area contributed by atoms with Crippen LogP contribution in [0.4, 0.5) is 0 Å². The summed E-state index contributed by atoms with van der Waals surface area (Å²) in [6.07, 6.45) is 2.54. The number of carboxylic acids is 1. The second kappa shape index (κ2) is 6.35. The number of carboxylic acid groups (broad SMARTS) is 1. The maximum atomic E-state index is 12.0. The number of fused-ring (bicyclic) bond motifs is 3. The van der Waals surface area contributed by atoms with Crippen LogP contribution in [0.15, 0.2) is 27.4 Å². The molecule has 1 aromatic carbocycles. The predicted molar refractivity (Wildman–Crippen MR) is 85.2 cm³/mol. The molecule has 1 aromatic heterocycles. The molecule has 3 rings (SSSR count). The zero-order valence-corrected chi connectivity index (χ0v) is 13.1. The molecular weight excluding hydrogens is 314 g/mol. The highest BCUT2D eigenvalue weighted by Crippen LogP contribution is 2.29. The Balaban J connectivity index is 1.75. The van der Waals surface area contributed by atoms with Gasteiger partial charge >= 0.3 is 11.6 Å². The molecule has 2 N–H and O–H groups in total. The van der Waals surface area contributed by atoms with Gasteiger partial charge < -0.3 is 19.6 Å². The first kappa shape index (κ1) is 16.0. The van der Waals surface area contributed by atoms with Crippen molar-refractivity contribution in [2.75, 3.05) is 6.61 Å². The van der Waals surface area contributed by atoms with Gasteiger partial charge in [0.25, 0.3) is 5.91 Å². The summed E-state index contributed by atoms with van der Waals surface area (Å²) in [4.78, 5) is 34.3. The lowest BCUT2D eigenvalue weighted by molar-refractivity contribution is -0.141. The van der Waals surface area contributed by atoms with Gasteiger partial charge in [0, 0.05) is 17.0 Å². The minimum atomic E-state index is -1.12. The third kappa shape index (κ3) is 3.10. The number of rotatable bonds is 5.